The van der Waals surface area contributed by atoms with Gasteiger partial charge in [-0.25, -0.2) is 4.79 Å². The zero-order valence-corrected chi connectivity index (χ0v) is 16.1. The van der Waals surface area contributed by atoms with Crippen LogP contribution in [0.5, 0.6) is 0 Å². The molecule has 1 aromatic carbocycles. The molecule has 1 fully saturated rings. The molecular formula is C21H29N5O. The molecule has 27 heavy (non-hydrogen) atoms. The van der Waals surface area contributed by atoms with E-state index in [9.17, 15) is 4.79 Å². The number of hydrogen-bond donors (Lipinski definition) is 1. The molecule has 6 nitrogen and oxygen atoms in total. The van der Waals surface area contributed by atoms with Gasteiger partial charge in [0.2, 0.25) is 0 Å². The molecule has 0 bridgehead atoms. The van der Waals surface area contributed by atoms with Crippen molar-refractivity contribution in [3.63, 3.8) is 0 Å². The molecule has 0 saturated carbocycles. The predicted molar refractivity (Wildman–Crippen MR) is 106 cm³/mol. The van der Waals surface area contributed by atoms with Crippen LogP contribution in [0.1, 0.15) is 42.6 Å². The summed E-state index contributed by atoms with van der Waals surface area (Å²) in [6.45, 7) is 7.58. The summed E-state index contributed by atoms with van der Waals surface area (Å²) in [7, 11) is 0. The molecule has 1 N–H and O–H groups in total. The maximum absolute atomic E-state index is 12.7. The molecule has 1 saturated heterocycles. The fraction of sp³-hybridized carbons (Fsp3) is 0.524. The summed E-state index contributed by atoms with van der Waals surface area (Å²) < 4.78 is 2.10. The minimum absolute atomic E-state index is 0.0689. The lowest BCUT2D eigenvalue weighted by molar-refractivity contribution is 0.140. The Balaban J connectivity index is 1.42. The first-order valence-corrected chi connectivity index (χ1v) is 10.1. The number of benzene rings is 1. The van der Waals surface area contributed by atoms with Crippen molar-refractivity contribution in [2.45, 2.75) is 38.8 Å². The Morgan fingerprint density at radius 2 is 1.96 bits per heavy atom. The zero-order valence-electron chi connectivity index (χ0n) is 16.1. The van der Waals surface area contributed by atoms with E-state index in [1.165, 1.54) is 16.8 Å². The Morgan fingerprint density at radius 1 is 1.19 bits per heavy atom. The first-order valence-electron chi connectivity index (χ1n) is 10.1. The Bertz CT molecular complexity index is 764. The lowest BCUT2D eigenvalue weighted by Gasteiger charge is -2.35. The molecule has 1 aromatic heterocycles. The van der Waals surface area contributed by atoms with Gasteiger partial charge in [-0.05, 0) is 31.4 Å². The van der Waals surface area contributed by atoms with Crippen molar-refractivity contribution in [3.8, 4) is 0 Å². The third-order valence-corrected chi connectivity index (χ3v) is 5.84. The van der Waals surface area contributed by atoms with Gasteiger partial charge in [-0.1, -0.05) is 37.3 Å². The number of rotatable bonds is 4. The van der Waals surface area contributed by atoms with Crippen LogP contribution in [0, 0.1) is 0 Å². The number of nitrogens with zero attached hydrogens (tertiary/aromatic N) is 4. The smallest absolute Gasteiger partial charge is 0.317 e. The number of urea groups is 1. The third kappa shape index (κ3) is 4.00. The Kier molecular flexibility index (Phi) is 5.43. The average Bonchev–Trinajstić information content (AvgIpc) is 3.13. The van der Waals surface area contributed by atoms with Gasteiger partial charge in [0.15, 0.2) is 0 Å². The van der Waals surface area contributed by atoms with E-state index in [2.05, 4.69) is 51.2 Å². The summed E-state index contributed by atoms with van der Waals surface area (Å²) >= 11 is 0. The van der Waals surface area contributed by atoms with Crippen LogP contribution in [0.2, 0.25) is 0 Å². The van der Waals surface area contributed by atoms with Crippen LogP contribution in [0.4, 0.5) is 4.79 Å². The number of carbonyl (C=O) groups excluding carboxylic acids is 1. The zero-order chi connectivity index (χ0) is 18.6. The molecule has 2 heterocycles. The van der Waals surface area contributed by atoms with Crippen molar-refractivity contribution in [2.75, 3.05) is 32.7 Å². The molecule has 144 valence electrons. The summed E-state index contributed by atoms with van der Waals surface area (Å²) in [5, 5.41) is 7.90. The molecule has 1 atom stereocenters. The highest BCUT2D eigenvalue weighted by Crippen LogP contribution is 2.30. The van der Waals surface area contributed by atoms with E-state index in [1.54, 1.807) is 0 Å². The van der Waals surface area contributed by atoms with E-state index in [4.69, 9.17) is 0 Å². The molecular weight excluding hydrogens is 338 g/mol. The summed E-state index contributed by atoms with van der Waals surface area (Å²) in [5.74, 6) is 0. The van der Waals surface area contributed by atoms with Crippen LogP contribution < -0.4 is 5.32 Å². The number of amides is 2. The summed E-state index contributed by atoms with van der Waals surface area (Å²) in [5.41, 5.74) is 3.72. The second-order valence-electron chi connectivity index (χ2n) is 7.51. The van der Waals surface area contributed by atoms with E-state index in [0.717, 1.165) is 58.5 Å². The van der Waals surface area contributed by atoms with Crippen LogP contribution in [-0.4, -0.2) is 58.3 Å². The van der Waals surface area contributed by atoms with E-state index < -0.39 is 0 Å². The highest BCUT2D eigenvalue weighted by atomic mass is 16.2. The number of nitrogens with one attached hydrogen (secondary N) is 1. The SMILES string of the molecule is CCN1CCN(C(=O)NC2CCCc3c2cnn3Cc2ccccc2)CC1. The largest absolute Gasteiger partial charge is 0.331 e. The van der Waals surface area contributed by atoms with E-state index >= 15 is 0 Å². The number of piperazine rings is 1. The maximum atomic E-state index is 12.7. The highest BCUT2D eigenvalue weighted by Gasteiger charge is 2.28. The molecule has 1 aliphatic heterocycles. The van der Waals surface area contributed by atoms with Crippen molar-refractivity contribution in [2.24, 2.45) is 0 Å². The summed E-state index contributed by atoms with van der Waals surface area (Å²) in [6, 6.07) is 10.6. The van der Waals surface area contributed by atoms with Crippen LogP contribution in [0.15, 0.2) is 36.5 Å². The van der Waals surface area contributed by atoms with Gasteiger partial charge in [0.1, 0.15) is 0 Å². The fourth-order valence-electron chi connectivity index (χ4n) is 4.17. The molecule has 2 aromatic rings. The lowest BCUT2D eigenvalue weighted by Crippen LogP contribution is -2.52. The molecule has 2 amide bonds. The number of likely N-dealkylation sites (N-methyl/N-ethyl adjacent to an activating group) is 1. The number of hydrogen-bond acceptors (Lipinski definition) is 3. The van der Waals surface area contributed by atoms with E-state index in [1.807, 2.05) is 17.2 Å². The molecule has 1 unspecified atom stereocenters. The summed E-state index contributed by atoms with van der Waals surface area (Å²) in [4.78, 5) is 17.1. The van der Waals surface area contributed by atoms with Crippen LogP contribution in [0.25, 0.3) is 0 Å². The summed E-state index contributed by atoms with van der Waals surface area (Å²) in [6.07, 6.45) is 5.06. The minimum Gasteiger partial charge on any atom is -0.331 e. The van der Waals surface area contributed by atoms with Gasteiger partial charge in [-0.2, -0.15) is 5.10 Å². The van der Waals surface area contributed by atoms with Gasteiger partial charge in [0, 0.05) is 37.4 Å². The van der Waals surface area contributed by atoms with E-state index in [-0.39, 0.29) is 12.1 Å². The minimum atomic E-state index is 0.0689. The average molecular weight is 367 g/mol. The third-order valence-electron chi connectivity index (χ3n) is 5.84. The topological polar surface area (TPSA) is 53.4 Å². The van der Waals surface area contributed by atoms with Gasteiger partial charge in [-0.3, -0.25) is 4.68 Å². The second kappa shape index (κ2) is 8.13. The number of fused-ring (bicyclic) bond motifs is 1. The standard InChI is InChI=1S/C21H29N5O/c1-2-24-11-13-25(14-12-24)21(27)23-19-9-6-10-20-18(19)15-22-26(20)16-17-7-4-3-5-8-17/h3-5,7-8,15,19H,2,6,9-14,16H2,1H3,(H,23,27). The molecule has 0 radical (unpaired) electrons. The molecule has 0 spiro atoms. The second-order valence-corrected chi connectivity index (χ2v) is 7.51. The quantitative estimate of drug-likeness (QED) is 0.904. The van der Waals surface area contributed by atoms with Crippen molar-refractivity contribution in [1.29, 1.82) is 0 Å². The Labute approximate surface area is 161 Å². The Hall–Kier alpha value is -2.34. The van der Waals surface area contributed by atoms with Crippen molar-refractivity contribution < 1.29 is 4.79 Å². The first-order chi connectivity index (χ1) is 13.2. The Morgan fingerprint density at radius 3 is 2.70 bits per heavy atom. The van der Waals surface area contributed by atoms with Crippen molar-refractivity contribution >= 4 is 6.03 Å². The van der Waals surface area contributed by atoms with Gasteiger partial charge in [0.25, 0.3) is 0 Å². The monoisotopic (exact) mass is 367 g/mol. The van der Waals surface area contributed by atoms with Crippen LogP contribution >= 0.6 is 0 Å². The van der Waals surface area contributed by atoms with Crippen molar-refractivity contribution in [1.82, 2.24) is 24.9 Å². The molecule has 6 heteroatoms. The molecule has 4 rings (SSSR count). The van der Waals surface area contributed by atoms with Gasteiger partial charge < -0.3 is 15.1 Å². The number of carbonyl (C=O) groups is 1. The van der Waals surface area contributed by atoms with Gasteiger partial charge in [-0.15, -0.1) is 0 Å². The highest BCUT2D eigenvalue weighted by molar-refractivity contribution is 5.75. The lowest BCUT2D eigenvalue weighted by atomic mass is 9.93. The van der Waals surface area contributed by atoms with Crippen molar-refractivity contribution in [3.05, 3.63) is 53.3 Å². The first kappa shape index (κ1) is 18.0. The van der Waals surface area contributed by atoms with Crippen LogP contribution in [0.3, 0.4) is 0 Å². The van der Waals surface area contributed by atoms with Gasteiger partial charge in [0.05, 0.1) is 18.8 Å². The molecule has 1 aliphatic carbocycles. The van der Waals surface area contributed by atoms with Gasteiger partial charge >= 0.3 is 6.03 Å². The predicted octanol–water partition coefficient (Wildman–Crippen LogP) is 2.66. The maximum Gasteiger partial charge on any atom is 0.317 e. The number of aromatic nitrogens is 2. The fourth-order valence-corrected chi connectivity index (χ4v) is 4.17. The normalized spacial score (nSPS) is 20.3. The van der Waals surface area contributed by atoms with Crippen LogP contribution in [-0.2, 0) is 13.0 Å². The van der Waals surface area contributed by atoms with E-state index in [0.29, 0.717) is 0 Å². The molecule has 2 aliphatic rings.